The lowest BCUT2D eigenvalue weighted by atomic mass is 10.4. The zero-order valence-corrected chi connectivity index (χ0v) is 9.64. The van der Waals surface area contributed by atoms with Crippen molar-refractivity contribution in [2.24, 2.45) is 0 Å². The SMILES string of the molecule is CCOC(=O)c1coc(-n2cc(C(F)(F)F)cn2)n1. The molecule has 0 fully saturated rings. The highest BCUT2D eigenvalue weighted by atomic mass is 19.4. The minimum atomic E-state index is -4.51. The number of ether oxygens (including phenoxy) is 1. The Hall–Kier alpha value is -2.32. The third-order valence-electron chi connectivity index (χ3n) is 2.08. The van der Waals surface area contributed by atoms with E-state index in [0.29, 0.717) is 12.4 Å². The Bertz CT molecular complexity index is 588. The van der Waals surface area contributed by atoms with Crippen molar-refractivity contribution in [3.8, 4) is 6.01 Å². The molecule has 2 heterocycles. The number of aromatic nitrogens is 3. The summed E-state index contributed by atoms with van der Waals surface area (Å²) in [5.41, 5.74) is -1.08. The fourth-order valence-electron chi connectivity index (χ4n) is 1.24. The van der Waals surface area contributed by atoms with Gasteiger partial charge in [0.2, 0.25) is 0 Å². The van der Waals surface area contributed by atoms with Gasteiger partial charge in [0.25, 0.3) is 0 Å². The van der Waals surface area contributed by atoms with E-state index in [1.54, 1.807) is 6.92 Å². The molecule has 0 saturated heterocycles. The van der Waals surface area contributed by atoms with Crippen molar-refractivity contribution in [2.75, 3.05) is 6.61 Å². The van der Waals surface area contributed by atoms with Gasteiger partial charge in [-0.25, -0.2) is 4.79 Å². The molecule has 2 rings (SSSR count). The quantitative estimate of drug-likeness (QED) is 0.802. The number of esters is 1. The van der Waals surface area contributed by atoms with Crippen LogP contribution in [0.1, 0.15) is 23.0 Å². The van der Waals surface area contributed by atoms with Crippen LogP contribution in [-0.2, 0) is 10.9 Å². The van der Waals surface area contributed by atoms with Gasteiger partial charge in [0.1, 0.15) is 6.26 Å². The van der Waals surface area contributed by atoms with Crippen LogP contribution in [0.5, 0.6) is 0 Å². The number of halogens is 3. The fourth-order valence-corrected chi connectivity index (χ4v) is 1.24. The summed E-state index contributed by atoms with van der Waals surface area (Å²) in [4.78, 5) is 15.0. The first kappa shape index (κ1) is 13.1. The molecule has 6 nitrogen and oxygen atoms in total. The zero-order chi connectivity index (χ0) is 14.0. The maximum atomic E-state index is 12.4. The van der Waals surface area contributed by atoms with E-state index in [1.807, 2.05) is 0 Å². The van der Waals surface area contributed by atoms with E-state index < -0.39 is 17.7 Å². The number of hydrogen-bond donors (Lipinski definition) is 0. The lowest BCUT2D eigenvalue weighted by Gasteiger charge is -1.99. The number of hydrogen-bond acceptors (Lipinski definition) is 5. The summed E-state index contributed by atoms with van der Waals surface area (Å²) in [5.74, 6) is -0.722. The van der Waals surface area contributed by atoms with Crippen molar-refractivity contribution in [2.45, 2.75) is 13.1 Å². The third-order valence-corrected chi connectivity index (χ3v) is 2.08. The highest BCUT2D eigenvalue weighted by Gasteiger charge is 2.32. The fraction of sp³-hybridized carbons (Fsp3) is 0.300. The largest absolute Gasteiger partial charge is 0.461 e. The molecule has 0 saturated carbocycles. The standard InChI is InChI=1S/C10H8F3N3O3/c1-2-18-8(17)7-5-19-9(15-7)16-4-6(3-14-16)10(11,12)13/h3-5H,2H2,1H3. The summed E-state index contributed by atoms with van der Waals surface area (Å²) >= 11 is 0. The number of oxazole rings is 1. The van der Waals surface area contributed by atoms with Crippen LogP contribution in [0, 0.1) is 0 Å². The predicted molar refractivity (Wildman–Crippen MR) is 54.6 cm³/mol. The second-order valence-corrected chi connectivity index (χ2v) is 3.41. The molecular weight excluding hydrogens is 267 g/mol. The molecule has 19 heavy (non-hydrogen) atoms. The minimum Gasteiger partial charge on any atom is -0.461 e. The third kappa shape index (κ3) is 2.75. The van der Waals surface area contributed by atoms with Crippen molar-refractivity contribution in [1.82, 2.24) is 14.8 Å². The minimum absolute atomic E-state index is 0.138. The van der Waals surface area contributed by atoms with E-state index in [9.17, 15) is 18.0 Å². The van der Waals surface area contributed by atoms with Gasteiger partial charge in [0, 0.05) is 6.20 Å². The van der Waals surface area contributed by atoms with Gasteiger partial charge in [0.15, 0.2) is 5.69 Å². The average Bonchev–Trinajstić information content (AvgIpc) is 2.97. The van der Waals surface area contributed by atoms with Gasteiger partial charge in [-0.15, -0.1) is 0 Å². The molecule has 2 aromatic rings. The summed E-state index contributed by atoms with van der Waals surface area (Å²) in [6.07, 6.45) is -2.17. The molecule has 0 radical (unpaired) electrons. The summed E-state index contributed by atoms with van der Waals surface area (Å²) in [6.45, 7) is 1.77. The topological polar surface area (TPSA) is 70.2 Å². The number of rotatable bonds is 3. The zero-order valence-electron chi connectivity index (χ0n) is 9.64. The molecule has 2 aromatic heterocycles. The molecule has 0 aliphatic carbocycles. The molecule has 9 heteroatoms. The van der Waals surface area contributed by atoms with Crippen molar-refractivity contribution in [3.63, 3.8) is 0 Å². The Morgan fingerprint density at radius 1 is 1.53 bits per heavy atom. The van der Waals surface area contributed by atoms with E-state index in [2.05, 4.69) is 14.8 Å². The first-order valence-electron chi connectivity index (χ1n) is 5.16. The summed E-state index contributed by atoms with van der Waals surface area (Å²) < 4.78 is 47.4. The lowest BCUT2D eigenvalue weighted by molar-refractivity contribution is -0.137. The van der Waals surface area contributed by atoms with Gasteiger partial charge < -0.3 is 9.15 Å². The van der Waals surface area contributed by atoms with Crippen LogP contribution >= 0.6 is 0 Å². The Balaban J connectivity index is 2.23. The monoisotopic (exact) mass is 275 g/mol. The predicted octanol–water partition coefficient (Wildman–Crippen LogP) is 2.06. The van der Waals surface area contributed by atoms with Gasteiger partial charge in [-0.05, 0) is 6.92 Å². The molecule has 0 aromatic carbocycles. The average molecular weight is 275 g/mol. The molecule has 0 atom stereocenters. The Morgan fingerprint density at radius 3 is 2.84 bits per heavy atom. The molecule has 0 bridgehead atoms. The molecular formula is C10H8F3N3O3. The Labute approximate surface area is 104 Å². The van der Waals surface area contributed by atoms with Gasteiger partial charge >= 0.3 is 18.2 Å². The smallest absolute Gasteiger partial charge is 0.419 e. The van der Waals surface area contributed by atoms with Gasteiger partial charge in [-0.1, -0.05) is 0 Å². The molecule has 0 N–H and O–H groups in total. The lowest BCUT2D eigenvalue weighted by Crippen LogP contribution is -2.05. The highest BCUT2D eigenvalue weighted by molar-refractivity contribution is 5.86. The van der Waals surface area contributed by atoms with Crippen LogP contribution in [-0.4, -0.2) is 27.3 Å². The second kappa shape index (κ2) is 4.75. The Kier molecular flexibility index (Phi) is 3.28. The second-order valence-electron chi connectivity index (χ2n) is 3.41. The van der Waals surface area contributed by atoms with Gasteiger partial charge in [-0.2, -0.15) is 27.9 Å². The molecule has 0 spiro atoms. The molecule has 0 aliphatic rings. The maximum Gasteiger partial charge on any atom is 0.419 e. The van der Waals surface area contributed by atoms with E-state index >= 15 is 0 Å². The van der Waals surface area contributed by atoms with Crippen LogP contribution in [0.3, 0.4) is 0 Å². The van der Waals surface area contributed by atoms with E-state index in [1.165, 1.54) is 0 Å². The maximum absolute atomic E-state index is 12.4. The first-order chi connectivity index (χ1) is 8.91. The summed E-state index contributed by atoms with van der Waals surface area (Å²) in [7, 11) is 0. The van der Waals surface area contributed by atoms with Crippen LogP contribution in [0.25, 0.3) is 6.01 Å². The van der Waals surface area contributed by atoms with Crippen molar-refractivity contribution in [3.05, 3.63) is 29.9 Å². The van der Waals surface area contributed by atoms with Crippen LogP contribution < -0.4 is 0 Å². The van der Waals surface area contributed by atoms with Crippen molar-refractivity contribution >= 4 is 5.97 Å². The van der Waals surface area contributed by atoms with Crippen molar-refractivity contribution in [1.29, 1.82) is 0 Å². The van der Waals surface area contributed by atoms with E-state index in [4.69, 9.17) is 4.42 Å². The van der Waals surface area contributed by atoms with E-state index in [0.717, 1.165) is 10.9 Å². The normalized spacial score (nSPS) is 11.6. The first-order valence-corrected chi connectivity index (χ1v) is 5.16. The van der Waals surface area contributed by atoms with Gasteiger partial charge in [-0.3, -0.25) is 0 Å². The Morgan fingerprint density at radius 2 is 2.26 bits per heavy atom. The molecule has 0 unspecified atom stereocenters. The van der Waals surface area contributed by atoms with Crippen LogP contribution in [0.4, 0.5) is 13.2 Å². The molecule has 0 amide bonds. The van der Waals surface area contributed by atoms with Crippen LogP contribution in [0.15, 0.2) is 23.1 Å². The summed E-state index contributed by atoms with van der Waals surface area (Å²) in [5, 5.41) is 3.46. The van der Waals surface area contributed by atoms with Gasteiger partial charge in [0.05, 0.1) is 18.4 Å². The number of nitrogens with zero attached hydrogens (tertiary/aromatic N) is 3. The summed E-state index contributed by atoms with van der Waals surface area (Å²) in [6, 6.07) is -0.251. The highest BCUT2D eigenvalue weighted by Crippen LogP contribution is 2.29. The molecule has 102 valence electrons. The number of carbonyl (C=O) groups is 1. The van der Waals surface area contributed by atoms with Crippen molar-refractivity contribution < 1.29 is 27.1 Å². The molecule has 0 aliphatic heterocycles. The number of carbonyl (C=O) groups excluding carboxylic acids is 1. The van der Waals surface area contributed by atoms with Crippen LogP contribution in [0.2, 0.25) is 0 Å². The van der Waals surface area contributed by atoms with E-state index in [-0.39, 0.29) is 18.3 Å². The number of alkyl halides is 3.